The van der Waals surface area contributed by atoms with Gasteiger partial charge in [-0.1, -0.05) is 159 Å². The van der Waals surface area contributed by atoms with Gasteiger partial charge in [0, 0.05) is 19.3 Å². The van der Waals surface area contributed by atoms with Crippen molar-refractivity contribution in [2.45, 2.75) is 193 Å². The van der Waals surface area contributed by atoms with Crippen molar-refractivity contribution in [2.75, 3.05) is 41.0 Å². The number of carboxylic acids is 1. The van der Waals surface area contributed by atoms with Gasteiger partial charge in [-0.25, -0.2) is 0 Å². The van der Waals surface area contributed by atoms with Crippen LogP contribution in [0.1, 0.15) is 181 Å². The van der Waals surface area contributed by atoms with Gasteiger partial charge in [0.2, 0.25) is 0 Å². The molecule has 55 heavy (non-hydrogen) atoms. The first-order chi connectivity index (χ1) is 26.6. The minimum absolute atomic E-state index is 0.0198. The molecule has 0 aliphatic heterocycles. The first-order valence-corrected chi connectivity index (χ1v) is 22.2. The highest BCUT2D eigenvalue weighted by molar-refractivity contribution is 5.70. The molecule has 8 heteroatoms. The number of esters is 2. The molecule has 0 aromatic carbocycles. The number of hydrogen-bond acceptors (Lipinski definition) is 7. The second kappa shape index (κ2) is 38.2. The van der Waals surface area contributed by atoms with Gasteiger partial charge in [0.05, 0.1) is 40.3 Å². The standard InChI is InChI=1S/C47H83NO7/c1-6-8-10-12-14-16-18-20-22-23-24-26-28-30-32-34-36-38-46(50)55-43(41-53-40-39-44(47(51)52)48(3,4)5)42-54-45(49)37-35-33-31-29-27-25-21-19-17-15-13-11-9-7-2/h14,16,20,22,24,26,30,32,43-44H,6-13,15,17-19,21,23,25,27-29,31,33-42H2,1-5H3/b16-14+,22-20+,26-24+,32-30+. The average Bonchev–Trinajstić information content (AvgIpc) is 3.14. The van der Waals surface area contributed by atoms with Gasteiger partial charge in [-0.2, -0.15) is 0 Å². The summed E-state index contributed by atoms with van der Waals surface area (Å²) < 4.78 is 17.1. The van der Waals surface area contributed by atoms with Crippen LogP contribution >= 0.6 is 0 Å². The van der Waals surface area contributed by atoms with Gasteiger partial charge >= 0.3 is 11.9 Å². The number of unbranched alkanes of at least 4 members (excludes halogenated alkanes) is 17. The molecule has 8 nitrogen and oxygen atoms in total. The Hall–Kier alpha value is -2.71. The van der Waals surface area contributed by atoms with E-state index in [-0.39, 0.29) is 49.1 Å². The fourth-order valence-electron chi connectivity index (χ4n) is 6.24. The van der Waals surface area contributed by atoms with Crippen LogP contribution in [0.4, 0.5) is 0 Å². The van der Waals surface area contributed by atoms with E-state index >= 15 is 0 Å². The van der Waals surface area contributed by atoms with E-state index in [1.165, 1.54) is 96.3 Å². The Morgan fingerprint density at radius 2 is 0.982 bits per heavy atom. The Morgan fingerprint density at radius 3 is 1.47 bits per heavy atom. The zero-order chi connectivity index (χ0) is 40.7. The van der Waals surface area contributed by atoms with Crippen LogP contribution < -0.4 is 5.11 Å². The molecule has 0 radical (unpaired) electrons. The maximum absolute atomic E-state index is 12.7. The van der Waals surface area contributed by atoms with Gasteiger partial charge in [0.1, 0.15) is 12.6 Å². The third-order valence-electron chi connectivity index (χ3n) is 9.72. The summed E-state index contributed by atoms with van der Waals surface area (Å²) in [6, 6.07) is -0.735. The molecule has 2 atom stereocenters. The zero-order valence-electron chi connectivity index (χ0n) is 36.1. The number of carboxylic acid groups (broad SMARTS) is 1. The number of ether oxygens (including phenoxy) is 3. The minimum atomic E-state index is -1.13. The molecule has 0 aliphatic rings. The highest BCUT2D eigenvalue weighted by Gasteiger charge is 2.25. The van der Waals surface area contributed by atoms with Gasteiger partial charge in [0.15, 0.2) is 6.10 Å². The molecule has 0 amide bonds. The molecule has 0 heterocycles. The van der Waals surface area contributed by atoms with Crippen LogP contribution in [0.3, 0.4) is 0 Å². The molecular weight excluding hydrogens is 691 g/mol. The molecule has 0 fully saturated rings. The SMILES string of the molecule is CCCCC/C=C/C/C=C/C/C=C/C/C=C/CCCC(=O)OC(COCCC(C(=O)[O-])[N+](C)(C)C)COC(=O)CCCCCCCCCCCCCCCC. The number of carbonyl (C=O) groups is 3. The van der Waals surface area contributed by atoms with E-state index < -0.39 is 18.1 Å². The monoisotopic (exact) mass is 774 g/mol. The second-order valence-corrected chi connectivity index (χ2v) is 15.9. The van der Waals surface area contributed by atoms with Crippen LogP contribution in [0.2, 0.25) is 0 Å². The Morgan fingerprint density at radius 1 is 0.545 bits per heavy atom. The van der Waals surface area contributed by atoms with Crippen molar-refractivity contribution in [3.63, 3.8) is 0 Å². The zero-order valence-corrected chi connectivity index (χ0v) is 36.1. The molecule has 0 aromatic rings. The summed E-state index contributed by atoms with van der Waals surface area (Å²) in [7, 11) is 5.39. The quantitative estimate of drug-likeness (QED) is 0.0265. The van der Waals surface area contributed by atoms with Gasteiger partial charge < -0.3 is 28.6 Å². The average molecular weight is 774 g/mol. The summed E-state index contributed by atoms with van der Waals surface area (Å²) in [5, 5.41) is 11.6. The first kappa shape index (κ1) is 52.3. The number of allylic oxidation sites excluding steroid dienone is 8. The van der Waals surface area contributed by atoms with E-state index in [4.69, 9.17) is 14.2 Å². The number of nitrogens with zero attached hydrogens (tertiary/aromatic N) is 1. The topological polar surface area (TPSA) is 102 Å². The van der Waals surface area contributed by atoms with Crippen LogP contribution in [0.15, 0.2) is 48.6 Å². The lowest BCUT2D eigenvalue weighted by atomic mass is 10.0. The summed E-state index contributed by atoms with van der Waals surface area (Å²) in [5.74, 6) is -1.81. The molecule has 0 aliphatic carbocycles. The Labute approximate surface area is 337 Å². The number of aliphatic carboxylic acids is 1. The third-order valence-corrected chi connectivity index (χ3v) is 9.72. The van der Waals surface area contributed by atoms with Crippen LogP contribution in [0.5, 0.6) is 0 Å². The molecule has 0 saturated carbocycles. The smallest absolute Gasteiger partial charge is 0.306 e. The normalized spacial score (nSPS) is 13.4. The van der Waals surface area contributed by atoms with Crippen molar-refractivity contribution in [1.82, 2.24) is 0 Å². The number of hydrogen-bond donors (Lipinski definition) is 0. The Bertz CT molecular complexity index is 1040. The summed E-state index contributed by atoms with van der Waals surface area (Å²) >= 11 is 0. The number of rotatable bonds is 39. The molecule has 0 saturated heterocycles. The molecule has 0 bridgehead atoms. The van der Waals surface area contributed by atoms with E-state index in [9.17, 15) is 19.5 Å². The van der Waals surface area contributed by atoms with Crippen LogP contribution in [0.25, 0.3) is 0 Å². The maximum atomic E-state index is 12.7. The van der Waals surface area contributed by atoms with Crippen molar-refractivity contribution < 1.29 is 38.2 Å². The fourth-order valence-corrected chi connectivity index (χ4v) is 6.24. The predicted molar refractivity (Wildman–Crippen MR) is 226 cm³/mol. The highest BCUT2D eigenvalue weighted by Crippen LogP contribution is 2.14. The third kappa shape index (κ3) is 36.7. The largest absolute Gasteiger partial charge is 0.544 e. The molecule has 2 unspecified atom stereocenters. The van der Waals surface area contributed by atoms with Crippen molar-refractivity contribution >= 4 is 17.9 Å². The molecule has 318 valence electrons. The van der Waals surface area contributed by atoms with Gasteiger partial charge in [-0.05, 0) is 51.4 Å². The van der Waals surface area contributed by atoms with Gasteiger partial charge in [0.25, 0.3) is 0 Å². The lowest BCUT2D eigenvalue weighted by Gasteiger charge is -2.34. The van der Waals surface area contributed by atoms with E-state index in [2.05, 4.69) is 62.5 Å². The number of quaternary nitrogens is 1. The first-order valence-electron chi connectivity index (χ1n) is 22.2. The Balaban J connectivity index is 4.44. The molecule has 0 rings (SSSR count). The molecule has 0 spiro atoms. The maximum Gasteiger partial charge on any atom is 0.306 e. The van der Waals surface area contributed by atoms with E-state index in [1.807, 2.05) is 0 Å². The lowest BCUT2D eigenvalue weighted by molar-refractivity contribution is -0.889. The van der Waals surface area contributed by atoms with Gasteiger partial charge in [-0.3, -0.25) is 9.59 Å². The van der Waals surface area contributed by atoms with Crippen molar-refractivity contribution in [1.29, 1.82) is 0 Å². The summed E-state index contributed by atoms with van der Waals surface area (Å²) in [4.78, 5) is 36.8. The van der Waals surface area contributed by atoms with E-state index in [1.54, 1.807) is 21.1 Å². The number of likely N-dealkylation sites (N-methyl/N-ethyl adjacent to an activating group) is 1. The molecule has 0 N–H and O–H groups in total. The van der Waals surface area contributed by atoms with E-state index in [0.717, 1.165) is 44.9 Å². The van der Waals surface area contributed by atoms with Crippen LogP contribution in [0, 0.1) is 0 Å². The summed E-state index contributed by atoms with van der Waals surface area (Å²) in [6.07, 6.45) is 44.2. The summed E-state index contributed by atoms with van der Waals surface area (Å²) in [6.45, 7) is 4.58. The fraction of sp³-hybridized carbons (Fsp3) is 0.766. The molecule has 0 aromatic heterocycles. The van der Waals surface area contributed by atoms with E-state index in [0.29, 0.717) is 12.8 Å². The van der Waals surface area contributed by atoms with Crippen molar-refractivity contribution in [3.05, 3.63) is 48.6 Å². The molecular formula is C47H83NO7. The van der Waals surface area contributed by atoms with Crippen LogP contribution in [-0.2, 0) is 28.6 Å². The van der Waals surface area contributed by atoms with Gasteiger partial charge in [-0.15, -0.1) is 0 Å². The Kier molecular flexibility index (Phi) is 36.3. The van der Waals surface area contributed by atoms with Crippen molar-refractivity contribution in [2.24, 2.45) is 0 Å². The minimum Gasteiger partial charge on any atom is -0.544 e. The van der Waals surface area contributed by atoms with Crippen LogP contribution in [-0.4, -0.2) is 75.5 Å². The predicted octanol–water partition coefficient (Wildman–Crippen LogP) is 10.7. The lowest BCUT2D eigenvalue weighted by Crippen LogP contribution is -2.55. The summed E-state index contributed by atoms with van der Waals surface area (Å²) in [5.41, 5.74) is 0. The second-order valence-electron chi connectivity index (χ2n) is 15.9. The number of carbonyl (C=O) groups excluding carboxylic acids is 3. The van der Waals surface area contributed by atoms with Crippen molar-refractivity contribution in [3.8, 4) is 0 Å². The highest BCUT2D eigenvalue weighted by atomic mass is 16.6.